The van der Waals surface area contributed by atoms with Gasteiger partial charge in [0.15, 0.2) is 0 Å². The predicted octanol–water partition coefficient (Wildman–Crippen LogP) is 1.54. The van der Waals surface area contributed by atoms with Gasteiger partial charge in [0, 0.05) is 23.2 Å². The summed E-state index contributed by atoms with van der Waals surface area (Å²) in [7, 11) is 1.32. The molecule has 0 aromatic carbocycles. The van der Waals surface area contributed by atoms with Crippen molar-refractivity contribution in [3.05, 3.63) is 33.7 Å². The number of allylic oxidation sites excluding steroid dienone is 1. The molecule has 0 spiro atoms. The van der Waals surface area contributed by atoms with Gasteiger partial charge >= 0.3 is 11.9 Å². The first-order valence-electron chi connectivity index (χ1n) is 5.30. The largest absolute Gasteiger partial charge is 0.481 e. The third-order valence-corrected chi connectivity index (χ3v) is 3.21. The average Bonchev–Trinajstić information content (AvgIpc) is 2.72. The Morgan fingerprint density at radius 3 is 2.89 bits per heavy atom. The molecular formula is C12H15NO4S. The number of carboxylic acid groups (broad SMARTS) is 1. The minimum Gasteiger partial charge on any atom is -0.481 e. The van der Waals surface area contributed by atoms with Gasteiger partial charge in [-0.3, -0.25) is 4.79 Å². The highest BCUT2D eigenvalue weighted by Gasteiger charge is 2.08. The van der Waals surface area contributed by atoms with Gasteiger partial charge in [-0.2, -0.15) is 0 Å². The zero-order chi connectivity index (χ0) is 13.5. The molecule has 0 aliphatic heterocycles. The van der Waals surface area contributed by atoms with E-state index in [0.29, 0.717) is 12.2 Å². The van der Waals surface area contributed by atoms with Crippen LogP contribution in [0.1, 0.15) is 17.4 Å². The summed E-state index contributed by atoms with van der Waals surface area (Å²) in [6.45, 7) is 2.24. The normalized spacial score (nSPS) is 11.1. The maximum Gasteiger partial charge on any atom is 0.332 e. The van der Waals surface area contributed by atoms with E-state index in [2.05, 4.69) is 10.1 Å². The summed E-state index contributed by atoms with van der Waals surface area (Å²) in [6, 6.07) is 1.88. The molecule has 0 fully saturated rings. The van der Waals surface area contributed by atoms with Crippen LogP contribution in [-0.4, -0.2) is 24.2 Å². The van der Waals surface area contributed by atoms with Gasteiger partial charge in [0.05, 0.1) is 13.5 Å². The summed E-state index contributed by atoms with van der Waals surface area (Å²) < 4.78 is 4.50. The average molecular weight is 269 g/mol. The zero-order valence-electron chi connectivity index (χ0n) is 10.2. The molecule has 1 rings (SSSR count). The highest BCUT2D eigenvalue weighted by molar-refractivity contribution is 7.10. The van der Waals surface area contributed by atoms with E-state index in [1.165, 1.54) is 24.5 Å². The number of carboxylic acids is 1. The van der Waals surface area contributed by atoms with E-state index in [9.17, 15) is 9.59 Å². The first-order chi connectivity index (χ1) is 8.52. The quantitative estimate of drug-likeness (QED) is 0.605. The number of thiophene rings is 1. The number of aliphatic carboxylic acids is 1. The number of hydrogen-bond acceptors (Lipinski definition) is 5. The van der Waals surface area contributed by atoms with E-state index in [0.717, 1.165) is 10.4 Å². The second-order valence-corrected chi connectivity index (χ2v) is 4.64. The molecule has 0 amide bonds. The second kappa shape index (κ2) is 6.80. The van der Waals surface area contributed by atoms with Gasteiger partial charge in [0.2, 0.25) is 0 Å². The Kier molecular flexibility index (Phi) is 5.38. The monoisotopic (exact) mass is 269 g/mol. The van der Waals surface area contributed by atoms with E-state index in [1.807, 2.05) is 11.4 Å². The lowest BCUT2D eigenvalue weighted by molar-refractivity contribution is -0.136. The molecule has 0 radical (unpaired) electrons. The third-order valence-electron chi connectivity index (χ3n) is 2.24. The summed E-state index contributed by atoms with van der Waals surface area (Å²) in [5.74, 6) is -1.27. The van der Waals surface area contributed by atoms with Crippen LogP contribution in [0.4, 0.5) is 0 Å². The van der Waals surface area contributed by atoms with Crippen molar-refractivity contribution in [2.45, 2.75) is 19.9 Å². The van der Waals surface area contributed by atoms with E-state index < -0.39 is 11.9 Å². The smallest absolute Gasteiger partial charge is 0.332 e. The maximum atomic E-state index is 11.0. The van der Waals surface area contributed by atoms with Crippen molar-refractivity contribution in [2.24, 2.45) is 0 Å². The fourth-order valence-electron chi connectivity index (χ4n) is 1.34. The standard InChI is InChI=1S/C12H15NO4S/c1-8(5-12(16)17-2)13-7-9-3-4-18-10(9)6-11(14)15/h3-5,13H,6-7H2,1-2H3,(H,14,15). The topological polar surface area (TPSA) is 75.6 Å². The number of hydrogen-bond donors (Lipinski definition) is 2. The molecule has 0 saturated heterocycles. The Morgan fingerprint density at radius 2 is 2.28 bits per heavy atom. The minimum absolute atomic E-state index is 0.0223. The highest BCUT2D eigenvalue weighted by atomic mass is 32.1. The molecule has 0 unspecified atom stereocenters. The Hall–Kier alpha value is -1.82. The Bertz CT molecular complexity index is 464. The molecule has 2 N–H and O–H groups in total. The number of nitrogens with one attached hydrogen (secondary N) is 1. The van der Waals surface area contributed by atoms with Crippen molar-refractivity contribution in [1.29, 1.82) is 0 Å². The summed E-state index contributed by atoms with van der Waals surface area (Å²) in [5.41, 5.74) is 1.61. The van der Waals surface area contributed by atoms with Crippen LogP contribution in [0.3, 0.4) is 0 Å². The number of carbonyl (C=O) groups excluding carboxylic acids is 1. The lowest BCUT2D eigenvalue weighted by Gasteiger charge is -2.06. The van der Waals surface area contributed by atoms with Gasteiger partial charge in [-0.1, -0.05) is 0 Å². The molecule has 5 nitrogen and oxygen atoms in total. The van der Waals surface area contributed by atoms with Gasteiger partial charge in [-0.15, -0.1) is 11.3 Å². The van der Waals surface area contributed by atoms with Crippen LogP contribution >= 0.6 is 11.3 Å². The molecule has 1 aromatic heterocycles. The van der Waals surface area contributed by atoms with Crippen molar-refractivity contribution in [1.82, 2.24) is 5.32 Å². The van der Waals surface area contributed by atoms with Crippen LogP contribution in [0.2, 0.25) is 0 Å². The summed E-state index contributed by atoms with van der Waals surface area (Å²) >= 11 is 1.42. The van der Waals surface area contributed by atoms with Crippen molar-refractivity contribution in [2.75, 3.05) is 7.11 Å². The van der Waals surface area contributed by atoms with Crippen LogP contribution in [0.5, 0.6) is 0 Å². The molecule has 0 aliphatic rings. The number of rotatable bonds is 6. The summed E-state index contributed by atoms with van der Waals surface area (Å²) in [4.78, 5) is 22.5. The molecule has 98 valence electrons. The molecular weight excluding hydrogens is 254 g/mol. The van der Waals surface area contributed by atoms with Gasteiger partial charge < -0.3 is 15.2 Å². The van der Waals surface area contributed by atoms with Crippen molar-refractivity contribution < 1.29 is 19.4 Å². The first-order valence-corrected chi connectivity index (χ1v) is 6.18. The van der Waals surface area contributed by atoms with Crippen molar-refractivity contribution in [3.8, 4) is 0 Å². The minimum atomic E-state index is -0.847. The molecule has 0 atom stereocenters. The lowest BCUT2D eigenvalue weighted by Crippen LogP contribution is -2.13. The number of ether oxygens (including phenoxy) is 1. The van der Waals surface area contributed by atoms with Gasteiger partial charge in [0.25, 0.3) is 0 Å². The van der Waals surface area contributed by atoms with Gasteiger partial charge in [0.1, 0.15) is 0 Å². The third kappa shape index (κ3) is 4.58. The molecule has 6 heteroatoms. The lowest BCUT2D eigenvalue weighted by atomic mass is 10.2. The summed E-state index contributed by atoms with van der Waals surface area (Å²) in [5, 5.41) is 13.6. The fourth-order valence-corrected chi connectivity index (χ4v) is 2.23. The van der Waals surface area contributed by atoms with Crippen LogP contribution in [-0.2, 0) is 27.3 Å². The van der Waals surface area contributed by atoms with Crippen LogP contribution in [0.25, 0.3) is 0 Å². The van der Waals surface area contributed by atoms with Crippen LogP contribution in [0.15, 0.2) is 23.2 Å². The zero-order valence-corrected chi connectivity index (χ0v) is 11.0. The predicted molar refractivity (Wildman–Crippen MR) is 68.3 cm³/mol. The molecule has 1 aromatic rings. The molecule has 0 saturated carbocycles. The van der Waals surface area contributed by atoms with E-state index >= 15 is 0 Å². The molecule has 0 aliphatic carbocycles. The SMILES string of the molecule is COC(=O)C=C(C)NCc1ccsc1CC(=O)O. The number of esters is 1. The molecule has 1 heterocycles. The Balaban J connectivity index is 2.58. The van der Waals surface area contributed by atoms with Crippen LogP contribution < -0.4 is 5.32 Å². The second-order valence-electron chi connectivity index (χ2n) is 3.64. The Morgan fingerprint density at radius 1 is 1.56 bits per heavy atom. The van der Waals surface area contributed by atoms with Crippen LogP contribution in [0, 0.1) is 0 Å². The summed E-state index contributed by atoms with van der Waals surface area (Å²) in [6.07, 6.45) is 1.37. The Labute approximate surface area is 109 Å². The van der Waals surface area contributed by atoms with Gasteiger partial charge in [-0.05, 0) is 23.9 Å². The van der Waals surface area contributed by atoms with E-state index in [4.69, 9.17) is 5.11 Å². The first kappa shape index (κ1) is 14.2. The van der Waals surface area contributed by atoms with E-state index in [-0.39, 0.29) is 6.42 Å². The van der Waals surface area contributed by atoms with E-state index in [1.54, 1.807) is 6.92 Å². The maximum absolute atomic E-state index is 11.0. The van der Waals surface area contributed by atoms with Crippen molar-refractivity contribution in [3.63, 3.8) is 0 Å². The molecule has 18 heavy (non-hydrogen) atoms. The number of carbonyl (C=O) groups is 2. The van der Waals surface area contributed by atoms with Crippen molar-refractivity contribution >= 4 is 23.3 Å². The fraction of sp³-hybridized carbons (Fsp3) is 0.333. The number of methoxy groups -OCH3 is 1. The van der Waals surface area contributed by atoms with Gasteiger partial charge in [-0.25, -0.2) is 4.79 Å². The molecule has 0 bridgehead atoms. The highest BCUT2D eigenvalue weighted by Crippen LogP contribution is 2.17.